The van der Waals surface area contributed by atoms with Crippen LogP contribution in [0.5, 0.6) is 0 Å². The standard InChI is InChI=1S/C13H22N4O2/c1-8-9-6-17(12(18)19-13(2,3)4)7-10(9)16(5)11(14)15-8/h11H,6-7,14H2,1-5H3. The van der Waals surface area contributed by atoms with Crippen LogP contribution in [0.3, 0.4) is 0 Å². The van der Waals surface area contributed by atoms with E-state index in [1.807, 2.05) is 39.6 Å². The molecule has 0 saturated carbocycles. The largest absolute Gasteiger partial charge is 0.444 e. The number of carbonyl (C=O) groups excluding carboxylic acids is 1. The van der Waals surface area contributed by atoms with E-state index in [0.29, 0.717) is 13.1 Å². The molecule has 2 heterocycles. The van der Waals surface area contributed by atoms with Crippen LogP contribution in [0.4, 0.5) is 4.79 Å². The fraction of sp³-hybridized carbons (Fsp3) is 0.692. The Bertz CT molecular complexity index is 462. The molecule has 0 aliphatic carbocycles. The van der Waals surface area contributed by atoms with Gasteiger partial charge in [-0.2, -0.15) is 0 Å². The van der Waals surface area contributed by atoms with E-state index in [-0.39, 0.29) is 12.4 Å². The number of amides is 1. The SMILES string of the molecule is CC1=NC(N)N(C)C2=C1CN(C(=O)OC(C)(C)C)C2. The summed E-state index contributed by atoms with van der Waals surface area (Å²) in [6.45, 7) is 8.59. The highest BCUT2D eigenvalue weighted by Gasteiger charge is 2.35. The molecule has 1 amide bonds. The molecule has 0 saturated heterocycles. The molecule has 0 aromatic rings. The van der Waals surface area contributed by atoms with Gasteiger partial charge in [0, 0.05) is 24.0 Å². The fourth-order valence-electron chi connectivity index (χ4n) is 2.24. The molecule has 2 N–H and O–H groups in total. The lowest BCUT2D eigenvalue weighted by Crippen LogP contribution is -2.42. The molecule has 2 aliphatic heterocycles. The van der Waals surface area contributed by atoms with E-state index in [0.717, 1.165) is 17.0 Å². The number of aliphatic imine (C=N–C) groups is 1. The van der Waals surface area contributed by atoms with E-state index in [9.17, 15) is 4.79 Å². The van der Waals surface area contributed by atoms with Gasteiger partial charge in [-0.15, -0.1) is 0 Å². The lowest BCUT2D eigenvalue weighted by molar-refractivity contribution is 0.0294. The third-order valence-corrected chi connectivity index (χ3v) is 3.27. The Morgan fingerprint density at radius 1 is 1.42 bits per heavy atom. The minimum Gasteiger partial charge on any atom is -0.444 e. The van der Waals surface area contributed by atoms with Crippen molar-refractivity contribution in [1.82, 2.24) is 9.80 Å². The molecule has 0 bridgehead atoms. The summed E-state index contributed by atoms with van der Waals surface area (Å²) in [5.41, 5.74) is 8.49. The summed E-state index contributed by atoms with van der Waals surface area (Å²) >= 11 is 0. The van der Waals surface area contributed by atoms with Gasteiger partial charge >= 0.3 is 6.09 Å². The minimum atomic E-state index is -0.481. The molecule has 1 atom stereocenters. The molecule has 6 nitrogen and oxygen atoms in total. The second kappa shape index (κ2) is 4.52. The topological polar surface area (TPSA) is 71.2 Å². The Morgan fingerprint density at radius 3 is 2.63 bits per heavy atom. The monoisotopic (exact) mass is 266 g/mol. The lowest BCUT2D eigenvalue weighted by Gasteiger charge is -2.30. The molecular formula is C13H22N4O2. The van der Waals surface area contributed by atoms with Gasteiger partial charge in [0.1, 0.15) is 5.60 Å². The van der Waals surface area contributed by atoms with Gasteiger partial charge in [0.15, 0.2) is 6.29 Å². The van der Waals surface area contributed by atoms with Crippen molar-refractivity contribution in [3.63, 3.8) is 0 Å². The number of likely N-dealkylation sites (N-methyl/N-ethyl adjacent to an activating group) is 1. The molecule has 0 aromatic heterocycles. The average Bonchev–Trinajstić information content (AvgIpc) is 2.69. The van der Waals surface area contributed by atoms with Gasteiger partial charge in [-0.1, -0.05) is 0 Å². The number of nitrogens with zero attached hydrogens (tertiary/aromatic N) is 3. The van der Waals surface area contributed by atoms with E-state index in [1.165, 1.54) is 0 Å². The lowest BCUT2D eigenvalue weighted by atomic mass is 10.1. The van der Waals surface area contributed by atoms with Crippen LogP contribution in [-0.2, 0) is 4.74 Å². The minimum absolute atomic E-state index is 0.295. The van der Waals surface area contributed by atoms with Gasteiger partial charge in [-0.3, -0.25) is 15.6 Å². The van der Waals surface area contributed by atoms with E-state index in [1.54, 1.807) is 4.90 Å². The van der Waals surface area contributed by atoms with Crippen molar-refractivity contribution in [1.29, 1.82) is 0 Å². The van der Waals surface area contributed by atoms with E-state index in [2.05, 4.69) is 4.99 Å². The van der Waals surface area contributed by atoms with E-state index in [4.69, 9.17) is 10.5 Å². The summed E-state index contributed by atoms with van der Waals surface area (Å²) in [5, 5.41) is 0. The van der Waals surface area contributed by atoms with Crippen LogP contribution >= 0.6 is 0 Å². The number of rotatable bonds is 0. The van der Waals surface area contributed by atoms with Crippen LogP contribution in [-0.4, -0.2) is 53.6 Å². The molecule has 0 fully saturated rings. The van der Waals surface area contributed by atoms with Crippen molar-refractivity contribution in [3.05, 3.63) is 11.3 Å². The van der Waals surface area contributed by atoms with Gasteiger partial charge in [-0.05, 0) is 27.7 Å². The highest BCUT2D eigenvalue weighted by Crippen LogP contribution is 2.27. The van der Waals surface area contributed by atoms with Crippen LogP contribution in [0.15, 0.2) is 16.3 Å². The highest BCUT2D eigenvalue weighted by atomic mass is 16.6. The number of hydrogen-bond donors (Lipinski definition) is 1. The summed E-state index contributed by atoms with van der Waals surface area (Å²) in [4.78, 5) is 20.0. The van der Waals surface area contributed by atoms with Crippen LogP contribution in [0.25, 0.3) is 0 Å². The van der Waals surface area contributed by atoms with Gasteiger partial charge in [0.05, 0.1) is 13.1 Å². The molecule has 2 rings (SSSR count). The zero-order valence-corrected chi connectivity index (χ0v) is 12.2. The molecule has 19 heavy (non-hydrogen) atoms. The van der Waals surface area contributed by atoms with Crippen LogP contribution < -0.4 is 5.73 Å². The predicted molar refractivity (Wildman–Crippen MR) is 73.7 cm³/mol. The maximum atomic E-state index is 12.1. The summed E-state index contributed by atoms with van der Waals surface area (Å²) in [5.74, 6) is 0. The quantitative estimate of drug-likeness (QED) is 0.713. The first-order chi connectivity index (χ1) is 8.69. The highest BCUT2D eigenvalue weighted by molar-refractivity contribution is 6.01. The molecule has 0 radical (unpaired) electrons. The van der Waals surface area contributed by atoms with E-state index < -0.39 is 5.60 Å². The smallest absolute Gasteiger partial charge is 0.410 e. The first-order valence-corrected chi connectivity index (χ1v) is 6.42. The Morgan fingerprint density at radius 2 is 2.05 bits per heavy atom. The predicted octanol–water partition coefficient (Wildman–Crippen LogP) is 1.14. The van der Waals surface area contributed by atoms with Crippen molar-refractivity contribution in [3.8, 4) is 0 Å². The van der Waals surface area contributed by atoms with Gasteiger partial charge in [0.2, 0.25) is 0 Å². The average molecular weight is 266 g/mol. The van der Waals surface area contributed by atoms with Crippen molar-refractivity contribution < 1.29 is 9.53 Å². The normalized spacial score (nSPS) is 23.5. The summed E-state index contributed by atoms with van der Waals surface area (Å²) < 4.78 is 5.40. The van der Waals surface area contributed by atoms with Crippen molar-refractivity contribution in [2.45, 2.75) is 39.6 Å². The molecule has 0 spiro atoms. The van der Waals surface area contributed by atoms with Gasteiger partial charge in [-0.25, -0.2) is 4.79 Å². The van der Waals surface area contributed by atoms with Gasteiger partial charge < -0.3 is 9.64 Å². The zero-order valence-electron chi connectivity index (χ0n) is 12.2. The van der Waals surface area contributed by atoms with Crippen molar-refractivity contribution in [2.24, 2.45) is 10.7 Å². The van der Waals surface area contributed by atoms with Crippen molar-refractivity contribution in [2.75, 3.05) is 20.1 Å². The third-order valence-electron chi connectivity index (χ3n) is 3.27. The molecular weight excluding hydrogens is 244 g/mol. The Labute approximate surface area is 113 Å². The van der Waals surface area contributed by atoms with Crippen LogP contribution in [0, 0.1) is 0 Å². The second-order valence-electron chi connectivity index (χ2n) is 6.00. The summed E-state index contributed by atoms with van der Waals surface area (Å²) in [7, 11) is 1.90. The first-order valence-electron chi connectivity index (χ1n) is 6.42. The second-order valence-corrected chi connectivity index (χ2v) is 6.00. The number of ether oxygens (including phenoxy) is 1. The maximum absolute atomic E-state index is 12.1. The Hall–Kier alpha value is -1.56. The Kier molecular flexibility index (Phi) is 3.30. The Balaban J connectivity index is 2.11. The summed E-state index contributed by atoms with van der Waals surface area (Å²) in [6, 6.07) is 0. The number of hydrogen-bond acceptors (Lipinski definition) is 5. The molecule has 1 unspecified atom stereocenters. The summed E-state index contributed by atoms with van der Waals surface area (Å²) in [6.07, 6.45) is -0.658. The fourth-order valence-corrected chi connectivity index (χ4v) is 2.24. The molecule has 106 valence electrons. The molecule has 0 aromatic carbocycles. The maximum Gasteiger partial charge on any atom is 0.410 e. The van der Waals surface area contributed by atoms with E-state index >= 15 is 0 Å². The number of carbonyl (C=O) groups is 1. The number of nitrogens with two attached hydrogens (primary N) is 1. The first kappa shape index (κ1) is 13.9. The van der Waals surface area contributed by atoms with Gasteiger partial charge in [0.25, 0.3) is 0 Å². The third kappa shape index (κ3) is 2.73. The zero-order chi connectivity index (χ0) is 14.4. The van der Waals surface area contributed by atoms with Crippen LogP contribution in [0.1, 0.15) is 27.7 Å². The molecule has 6 heteroatoms. The van der Waals surface area contributed by atoms with Crippen LogP contribution in [0.2, 0.25) is 0 Å². The van der Waals surface area contributed by atoms with Crippen molar-refractivity contribution >= 4 is 11.8 Å². The molecule has 2 aliphatic rings.